The van der Waals surface area contributed by atoms with Crippen molar-refractivity contribution in [3.8, 4) is 0 Å². The first kappa shape index (κ1) is 16.6. The normalized spacial score (nSPS) is 13.9. The van der Waals surface area contributed by atoms with E-state index in [4.69, 9.17) is 17.3 Å². The number of non-ortho nitro benzene ring substituents is 1. The second-order valence-corrected chi connectivity index (χ2v) is 6.97. The van der Waals surface area contributed by atoms with Crippen LogP contribution in [0.1, 0.15) is 39.2 Å². The largest absolute Gasteiger partial charge is 0.365 e. The maximum atomic E-state index is 11.8. The zero-order valence-corrected chi connectivity index (χ0v) is 14.2. The molecule has 1 aromatic carbocycles. The van der Waals surface area contributed by atoms with Crippen LogP contribution in [0.4, 0.5) is 10.7 Å². The first-order valence-corrected chi connectivity index (χ1v) is 8.59. The Kier molecular flexibility index (Phi) is 4.64. The molecule has 124 valence electrons. The number of rotatable bonds is 4. The molecule has 0 bridgehead atoms. The molecule has 2 aromatic rings. The van der Waals surface area contributed by atoms with Gasteiger partial charge in [0.25, 0.3) is 11.6 Å². The molecule has 6 nitrogen and oxygen atoms in total. The number of nitrogens with zero attached hydrogens (tertiary/aromatic N) is 2. The van der Waals surface area contributed by atoms with Gasteiger partial charge in [-0.05, 0) is 37.3 Å². The standard InChI is InChI=1S/C16H14ClN3O3S/c17-12-6-5-10(20(22)23)7-9(12)8-19-16-14(15(18)21)11-3-1-2-4-13(11)24-16/h5-8H,1-4H2,(H2,18,21)/b19-8+. The summed E-state index contributed by atoms with van der Waals surface area (Å²) in [4.78, 5) is 27.7. The molecule has 1 amide bonds. The molecule has 0 atom stereocenters. The average Bonchev–Trinajstić information content (AvgIpc) is 2.92. The van der Waals surface area contributed by atoms with E-state index in [1.807, 2.05) is 0 Å². The summed E-state index contributed by atoms with van der Waals surface area (Å²) >= 11 is 7.52. The van der Waals surface area contributed by atoms with Gasteiger partial charge in [0.15, 0.2) is 0 Å². The van der Waals surface area contributed by atoms with Crippen LogP contribution < -0.4 is 5.73 Å². The van der Waals surface area contributed by atoms with Crippen molar-refractivity contribution in [1.82, 2.24) is 0 Å². The third-order valence-corrected chi connectivity index (χ3v) is 5.45. The summed E-state index contributed by atoms with van der Waals surface area (Å²) in [7, 11) is 0. The Labute approximate surface area is 147 Å². The fourth-order valence-corrected chi connectivity index (χ4v) is 4.17. The molecule has 24 heavy (non-hydrogen) atoms. The van der Waals surface area contributed by atoms with Gasteiger partial charge >= 0.3 is 0 Å². The van der Waals surface area contributed by atoms with Gasteiger partial charge in [-0.15, -0.1) is 11.3 Å². The van der Waals surface area contributed by atoms with Crippen molar-refractivity contribution in [3.05, 3.63) is 54.9 Å². The Bertz CT molecular complexity index is 860. The van der Waals surface area contributed by atoms with Crippen molar-refractivity contribution in [2.75, 3.05) is 0 Å². The topological polar surface area (TPSA) is 98.6 Å². The number of nitro benzene ring substituents is 1. The van der Waals surface area contributed by atoms with Crippen molar-refractivity contribution in [2.45, 2.75) is 25.7 Å². The highest BCUT2D eigenvalue weighted by molar-refractivity contribution is 7.16. The van der Waals surface area contributed by atoms with Gasteiger partial charge in [-0.1, -0.05) is 11.6 Å². The van der Waals surface area contributed by atoms with Crippen LogP contribution in [0.2, 0.25) is 5.02 Å². The summed E-state index contributed by atoms with van der Waals surface area (Å²) in [6.07, 6.45) is 5.32. The zero-order valence-electron chi connectivity index (χ0n) is 12.6. The van der Waals surface area contributed by atoms with Crippen LogP contribution in [0.5, 0.6) is 0 Å². The first-order valence-electron chi connectivity index (χ1n) is 7.39. The van der Waals surface area contributed by atoms with Gasteiger partial charge in [-0.3, -0.25) is 14.9 Å². The molecular weight excluding hydrogens is 350 g/mol. The number of aryl methyl sites for hydroxylation is 1. The smallest absolute Gasteiger partial charge is 0.270 e. The maximum Gasteiger partial charge on any atom is 0.270 e. The van der Waals surface area contributed by atoms with E-state index in [-0.39, 0.29) is 5.69 Å². The quantitative estimate of drug-likeness (QED) is 0.504. The lowest BCUT2D eigenvalue weighted by atomic mass is 9.95. The number of hydrogen-bond acceptors (Lipinski definition) is 5. The Morgan fingerprint density at radius 1 is 1.38 bits per heavy atom. The van der Waals surface area contributed by atoms with Gasteiger partial charge in [0.05, 0.1) is 10.5 Å². The number of carbonyl (C=O) groups excluding carboxylic acids is 1. The number of aliphatic imine (C=N–C) groups is 1. The van der Waals surface area contributed by atoms with Crippen molar-refractivity contribution < 1.29 is 9.72 Å². The second-order valence-electron chi connectivity index (χ2n) is 5.48. The van der Waals surface area contributed by atoms with Gasteiger partial charge < -0.3 is 5.73 Å². The minimum atomic E-state index is -0.494. The molecule has 1 aromatic heterocycles. The van der Waals surface area contributed by atoms with E-state index in [1.54, 1.807) is 0 Å². The van der Waals surface area contributed by atoms with Crippen LogP contribution in [-0.2, 0) is 12.8 Å². The molecule has 0 spiro atoms. The predicted molar refractivity (Wildman–Crippen MR) is 94.8 cm³/mol. The fraction of sp³-hybridized carbons (Fsp3) is 0.250. The number of benzene rings is 1. The van der Waals surface area contributed by atoms with Crippen molar-refractivity contribution in [1.29, 1.82) is 0 Å². The van der Waals surface area contributed by atoms with E-state index < -0.39 is 10.8 Å². The lowest BCUT2D eigenvalue weighted by Gasteiger charge is -2.10. The molecule has 1 aliphatic rings. The molecule has 8 heteroatoms. The Balaban J connectivity index is 2.01. The number of primary amides is 1. The lowest BCUT2D eigenvalue weighted by Crippen LogP contribution is -2.14. The van der Waals surface area contributed by atoms with Crippen LogP contribution in [0.15, 0.2) is 23.2 Å². The van der Waals surface area contributed by atoms with Gasteiger partial charge in [-0.25, -0.2) is 4.99 Å². The number of thiophene rings is 1. The Morgan fingerprint density at radius 3 is 2.83 bits per heavy atom. The van der Waals surface area contributed by atoms with Crippen LogP contribution in [0, 0.1) is 10.1 Å². The Hall–Kier alpha value is -2.25. The zero-order chi connectivity index (χ0) is 17.3. The summed E-state index contributed by atoms with van der Waals surface area (Å²) in [5, 5.41) is 11.8. The summed E-state index contributed by atoms with van der Waals surface area (Å²) in [5.74, 6) is -0.494. The predicted octanol–water partition coefficient (Wildman–Crippen LogP) is 4.04. The fourth-order valence-electron chi connectivity index (χ4n) is 2.77. The molecule has 0 unspecified atom stereocenters. The summed E-state index contributed by atoms with van der Waals surface area (Å²) in [6.45, 7) is 0. The number of halogens is 1. The highest BCUT2D eigenvalue weighted by Gasteiger charge is 2.23. The number of hydrogen-bond donors (Lipinski definition) is 1. The third-order valence-electron chi connectivity index (χ3n) is 3.91. The molecule has 0 radical (unpaired) electrons. The van der Waals surface area contributed by atoms with E-state index in [9.17, 15) is 14.9 Å². The first-order chi connectivity index (χ1) is 11.5. The number of carbonyl (C=O) groups is 1. The number of nitro groups is 1. The van der Waals surface area contributed by atoms with Gasteiger partial charge in [0.1, 0.15) is 5.00 Å². The third kappa shape index (κ3) is 3.18. The molecule has 3 rings (SSSR count). The minimum absolute atomic E-state index is 0.0681. The monoisotopic (exact) mass is 363 g/mol. The van der Waals surface area contributed by atoms with Crippen molar-refractivity contribution in [2.24, 2.45) is 10.7 Å². The lowest BCUT2D eigenvalue weighted by molar-refractivity contribution is -0.384. The van der Waals surface area contributed by atoms with Crippen LogP contribution >= 0.6 is 22.9 Å². The van der Waals surface area contributed by atoms with E-state index >= 15 is 0 Å². The van der Waals surface area contributed by atoms with Crippen LogP contribution in [0.3, 0.4) is 0 Å². The van der Waals surface area contributed by atoms with E-state index in [0.29, 0.717) is 21.2 Å². The van der Waals surface area contributed by atoms with Gasteiger partial charge in [0, 0.05) is 33.8 Å². The van der Waals surface area contributed by atoms with Gasteiger partial charge in [0.2, 0.25) is 0 Å². The average molecular weight is 364 g/mol. The summed E-state index contributed by atoms with van der Waals surface area (Å²) in [6, 6.07) is 4.14. The Morgan fingerprint density at radius 2 is 2.12 bits per heavy atom. The van der Waals surface area contributed by atoms with E-state index in [0.717, 1.165) is 36.1 Å². The molecule has 0 saturated heterocycles. The van der Waals surface area contributed by atoms with Crippen LogP contribution in [-0.4, -0.2) is 17.0 Å². The molecular formula is C16H14ClN3O3S. The highest BCUT2D eigenvalue weighted by Crippen LogP contribution is 2.39. The van der Waals surface area contributed by atoms with Crippen molar-refractivity contribution >= 4 is 45.7 Å². The summed E-state index contributed by atoms with van der Waals surface area (Å²) in [5.41, 5.74) is 7.34. The SMILES string of the molecule is NC(=O)c1c(/N=C/c2cc([N+](=O)[O-])ccc2Cl)sc2c1CCCC2. The van der Waals surface area contributed by atoms with Gasteiger partial charge in [-0.2, -0.15) is 0 Å². The van der Waals surface area contributed by atoms with Crippen LogP contribution in [0.25, 0.3) is 0 Å². The molecule has 0 fully saturated rings. The second kappa shape index (κ2) is 6.70. The van der Waals surface area contributed by atoms with E-state index in [2.05, 4.69) is 4.99 Å². The van der Waals surface area contributed by atoms with Crippen molar-refractivity contribution in [3.63, 3.8) is 0 Å². The molecule has 2 N–H and O–H groups in total. The summed E-state index contributed by atoms with van der Waals surface area (Å²) < 4.78 is 0. The van der Waals surface area contributed by atoms with E-state index in [1.165, 1.54) is 35.8 Å². The molecule has 0 saturated carbocycles. The highest BCUT2D eigenvalue weighted by atomic mass is 35.5. The molecule has 1 aliphatic carbocycles. The number of amides is 1. The molecule has 1 heterocycles. The molecule has 0 aliphatic heterocycles. The number of fused-ring (bicyclic) bond motifs is 1. The minimum Gasteiger partial charge on any atom is -0.365 e. The maximum absolute atomic E-state index is 11.8. The number of nitrogens with two attached hydrogens (primary N) is 1.